The minimum Gasteiger partial charge on any atom is -0.326 e. The predicted octanol–water partition coefficient (Wildman–Crippen LogP) is 2.69. The smallest absolute Gasteiger partial charge is 0.269 e. The number of carbonyl (C=O) groups is 2. The van der Waals surface area contributed by atoms with Gasteiger partial charge in [0.25, 0.3) is 5.69 Å². The second-order valence-corrected chi connectivity index (χ2v) is 5.67. The molecule has 0 aliphatic heterocycles. The molecule has 0 aliphatic rings. The van der Waals surface area contributed by atoms with Crippen molar-refractivity contribution in [2.75, 3.05) is 5.32 Å². The van der Waals surface area contributed by atoms with Gasteiger partial charge in [0.1, 0.15) is 6.42 Å². The Morgan fingerprint density at radius 2 is 1.77 bits per heavy atom. The van der Waals surface area contributed by atoms with E-state index in [4.69, 9.17) is 0 Å². The first-order chi connectivity index (χ1) is 12.3. The summed E-state index contributed by atoms with van der Waals surface area (Å²) >= 11 is 0. The zero-order valence-corrected chi connectivity index (χ0v) is 14.4. The first-order valence-electron chi connectivity index (χ1n) is 7.78. The van der Waals surface area contributed by atoms with E-state index in [1.807, 2.05) is 26.0 Å². The van der Waals surface area contributed by atoms with E-state index in [-0.39, 0.29) is 12.1 Å². The van der Waals surface area contributed by atoms with Crippen molar-refractivity contribution in [2.45, 2.75) is 20.3 Å². The Kier molecular flexibility index (Phi) is 6.15. The fourth-order valence-electron chi connectivity index (χ4n) is 2.07. The number of nitro groups is 1. The topological polar surface area (TPSA) is 114 Å². The normalized spacial score (nSPS) is 10.5. The molecule has 0 fully saturated rings. The van der Waals surface area contributed by atoms with Gasteiger partial charge < -0.3 is 5.32 Å². The third kappa shape index (κ3) is 5.52. The number of carbonyl (C=O) groups excluding carboxylic acids is 2. The van der Waals surface area contributed by atoms with Gasteiger partial charge in [0.15, 0.2) is 0 Å². The third-order valence-electron chi connectivity index (χ3n) is 3.62. The van der Waals surface area contributed by atoms with E-state index in [1.165, 1.54) is 30.5 Å². The minimum atomic E-state index is -0.565. The van der Waals surface area contributed by atoms with Gasteiger partial charge in [-0.2, -0.15) is 5.10 Å². The number of anilines is 1. The maximum absolute atomic E-state index is 11.9. The van der Waals surface area contributed by atoms with Gasteiger partial charge in [0, 0.05) is 17.8 Å². The Morgan fingerprint density at radius 1 is 1.08 bits per heavy atom. The number of nitro benzene ring substituents is 1. The monoisotopic (exact) mass is 354 g/mol. The number of nitrogens with zero attached hydrogens (tertiary/aromatic N) is 2. The van der Waals surface area contributed by atoms with Crippen molar-refractivity contribution < 1.29 is 14.5 Å². The van der Waals surface area contributed by atoms with Crippen molar-refractivity contribution >= 4 is 29.4 Å². The van der Waals surface area contributed by atoms with Crippen molar-refractivity contribution in [1.29, 1.82) is 0 Å². The number of hydrogen-bond donors (Lipinski definition) is 2. The zero-order chi connectivity index (χ0) is 19.1. The summed E-state index contributed by atoms with van der Waals surface area (Å²) in [6.07, 6.45) is 0.966. The maximum atomic E-state index is 11.9. The summed E-state index contributed by atoms with van der Waals surface area (Å²) in [4.78, 5) is 33.6. The van der Waals surface area contributed by atoms with Gasteiger partial charge >= 0.3 is 0 Å². The number of aryl methyl sites for hydroxylation is 2. The Labute approximate surface area is 150 Å². The molecular weight excluding hydrogens is 336 g/mol. The molecule has 2 N–H and O–H groups in total. The first kappa shape index (κ1) is 18.8. The Morgan fingerprint density at radius 3 is 2.38 bits per heavy atom. The Hall–Kier alpha value is -3.55. The van der Waals surface area contributed by atoms with Crippen LogP contribution in [-0.2, 0) is 9.59 Å². The van der Waals surface area contributed by atoms with E-state index in [0.29, 0.717) is 11.3 Å². The fourth-order valence-corrected chi connectivity index (χ4v) is 2.07. The number of amides is 2. The van der Waals surface area contributed by atoms with Gasteiger partial charge in [-0.3, -0.25) is 19.7 Å². The molecule has 0 spiro atoms. The van der Waals surface area contributed by atoms with Crippen LogP contribution in [0.1, 0.15) is 23.1 Å². The van der Waals surface area contributed by atoms with Gasteiger partial charge in [0.2, 0.25) is 11.8 Å². The number of hydrogen-bond acceptors (Lipinski definition) is 5. The second kappa shape index (κ2) is 8.52. The van der Waals surface area contributed by atoms with E-state index in [2.05, 4.69) is 15.8 Å². The summed E-state index contributed by atoms with van der Waals surface area (Å²) in [5, 5.41) is 16.9. The fraction of sp³-hybridized carbons (Fsp3) is 0.167. The number of non-ortho nitro benzene ring substituents is 1. The van der Waals surface area contributed by atoms with Crippen molar-refractivity contribution in [3.8, 4) is 0 Å². The van der Waals surface area contributed by atoms with Crippen molar-refractivity contribution in [1.82, 2.24) is 5.43 Å². The molecule has 2 amide bonds. The number of benzene rings is 2. The molecule has 26 heavy (non-hydrogen) atoms. The largest absolute Gasteiger partial charge is 0.326 e. The summed E-state index contributed by atoms with van der Waals surface area (Å²) in [6, 6.07) is 11.2. The lowest BCUT2D eigenvalue weighted by Gasteiger charge is -2.07. The summed E-state index contributed by atoms with van der Waals surface area (Å²) in [5.74, 6) is -1.01. The van der Waals surface area contributed by atoms with Gasteiger partial charge in [-0.25, -0.2) is 5.43 Å². The van der Waals surface area contributed by atoms with Crippen LogP contribution in [0, 0.1) is 24.0 Å². The molecule has 0 bridgehead atoms. The summed E-state index contributed by atoms with van der Waals surface area (Å²) in [7, 11) is 0. The van der Waals surface area contributed by atoms with Gasteiger partial charge in [-0.05, 0) is 54.8 Å². The molecule has 2 rings (SSSR count). The molecule has 8 heteroatoms. The van der Waals surface area contributed by atoms with Crippen LogP contribution in [0.25, 0.3) is 0 Å². The molecule has 2 aromatic carbocycles. The molecule has 2 aromatic rings. The summed E-state index contributed by atoms with van der Waals surface area (Å²) in [6.45, 7) is 3.90. The third-order valence-corrected chi connectivity index (χ3v) is 3.62. The van der Waals surface area contributed by atoms with Gasteiger partial charge in [-0.1, -0.05) is 6.07 Å². The molecule has 0 unspecified atom stereocenters. The van der Waals surface area contributed by atoms with Gasteiger partial charge in [0.05, 0.1) is 11.1 Å². The Balaban J connectivity index is 1.82. The van der Waals surface area contributed by atoms with Crippen LogP contribution >= 0.6 is 0 Å². The van der Waals surface area contributed by atoms with E-state index in [9.17, 15) is 19.7 Å². The molecule has 0 heterocycles. The van der Waals surface area contributed by atoms with Crippen LogP contribution < -0.4 is 10.7 Å². The van der Waals surface area contributed by atoms with Crippen LogP contribution in [-0.4, -0.2) is 23.0 Å². The molecule has 0 atom stereocenters. The number of nitrogens with one attached hydrogen (secondary N) is 2. The van der Waals surface area contributed by atoms with E-state index < -0.39 is 16.7 Å². The highest BCUT2D eigenvalue weighted by Crippen LogP contribution is 2.14. The highest BCUT2D eigenvalue weighted by atomic mass is 16.6. The standard InChI is InChI=1S/C18H18N4O4/c1-12-3-6-15(9-13(12)2)20-17(23)10-18(24)21-19-11-14-4-7-16(8-5-14)22(25)26/h3-9,11H,10H2,1-2H3,(H,20,23)(H,21,24). The molecule has 0 aromatic heterocycles. The highest BCUT2D eigenvalue weighted by Gasteiger charge is 2.09. The molecule has 0 saturated heterocycles. The summed E-state index contributed by atoms with van der Waals surface area (Å²) in [5.41, 5.74) is 5.57. The first-order valence-corrected chi connectivity index (χ1v) is 7.78. The maximum Gasteiger partial charge on any atom is 0.269 e. The van der Waals surface area contributed by atoms with E-state index in [1.54, 1.807) is 6.07 Å². The number of hydrazone groups is 1. The average Bonchev–Trinajstić information content (AvgIpc) is 2.58. The minimum absolute atomic E-state index is 0.0331. The van der Waals surface area contributed by atoms with Crippen LogP contribution in [0.2, 0.25) is 0 Å². The van der Waals surface area contributed by atoms with Crippen LogP contribution in [0.4, 0.5) is 11.4 Å². The van der Waals surface area contributed by atoms with Crippen molar-refractivity contribution in [3.63, 3.8) is 0 Å². The predicted molar refractivity (Wildman–Crippen MR) is 98.0 cm³/mol. The average molecular weight is 354 g/mol. The lowest BCUT2D eigenvalue weighted by Crippen LogP contribution is -2.24. The van der Waals surface area contributed by atoms with Gasteiger partial charge in [-0.15, -0.1) is 0 Å². The van der Waals surface area contributed by atoms with E-state index in [0.717, 1.165) is 11.1 Å². The molecule has 8 nitrogen and oxygen atoms in total. The van der Waals surface area contributed by atoms with E-state index >= 15 is 0 Å². The van der Waals surface area contributed by atoms with Crippen LogP contribution in [0.3, 0.4) is 0 Å². The quantitative estimate of drug-likeness (QED) is 0.359. The second-order valence-electron chi connectivity index (χ2n) is 5.67. The SMILES string of the molecule is Cc1ccc(NC(=O)CC(=O)NN=Cc2ccc([N+](=O)[O-])cc2)cc1C. The lowest BCUT2D eigenvalue weighted by molar-refractivity contribution is -0.384. The highest BCUT2D eigenvalue weighted by molar-refractivity contribution is 6.03. The number of rotatable bonds is 6. The van der Waals surface area contributed by atoms with Crippen LogP contribution in [0.5, 0.6) is 0 Å². The summed E-state index contributed by atoms with van der Waals surface area (Å²) < 4.78 is 0. The molecule has 0 aliphatic carbocycles. The lowest BCUT2D eigenvalue weighted by atomic mass is 10.1. The molecule has 0 radical (unpaired) electrons. The molecule has 134 valence electrons. The molecule has 0 saturated carbocycles. The van der Waals surface area contributed by atoms with Crippen molar-refractivity contribution in [2.24, 2.45) is 5.10 Å². The van der Waals surface area contributed by atoms with Crippen LogP contribution in [0.15, 0.2) is 47.6 Å². The zero-order valence-electron chi connectivity index (χ0n) is 14.4. The van der Waals surface area contributed by atoms with Crippen molar-refractivity contribution in [3.05, 3.63) is 69.3 Å². The Bertz CT molecular complexity index is 860. The molecular formula is C18H18N4O4.